The van der Waals surface area contributed by atoms with Crippen LogP contribution in [0.1, 0.15) is 32.3 Å². The summed E-state index contributed by atoms with van der Waals surface area (Å²) in [6.45, 7) is 7.75. The molecule has 0 aliphatic rings. The van der Waals surface area contributed by atoms with E-state index in [1.165, 1.54) is 29.8 Å². The molecule has 2 heteroatoms. The van der Waals surface area contributed by atoms with Gasteiger partial charge in [-0.05, 0) is 30.5 Å². The molecule has 0 saturated heterocycles. The lowest BCUT2D eigenvalue weighted by atomic mass is 10.0. The highest BCUT2D eigenvalue weighted by Crippen LogP contribution is 2.23. The van der Waals surface area contributed by atoms with E-state index >= 15 is 0 Å². The minimum Gasteiger partial charge on any atom is -0.385 e. The maximum absolute atomic E-state index is 3.54. The first-order valence-electron chi connectivity index (χ1n) is 6.60. The lowest BCUT2D eigenvalue weighted by molar-refractivity contribution is 0.519. The van der Waals surface area contributed by atoms with Gasteiger partial charge in [-0.25, -0.2) is 0 Å². The summed E-state index contributed by atoms with van der Waals surface area (Å²) in [6, 6.07) is 6.59. The van der Waals surface area contributed by atoms with Gasteiger partial charge in [0.25, 0.3) is 0 Å². The van der Waals surface area contributed by atoms with E-state index in [1.807, 2.05) is 0 Å². The smallest absolute Gasteiger partial charge is 0.0411 e. The van der Waals surface area contributed by atoms with Crippen LogP contribution >= 0.6 is 0 Å². The second-order valence-electron chi connectivity index (χ2n) is 4.96. The Labute approximate surface area is 106 Å². The van der Waals surface area contributed by atoms with Gasteiger partial charge in [-0.2, -0.15) is 0 Å². The van der Waals surface area contributed by atoms with Gasteiger partial charge in [0.1, 0.15) is 0 Å². The Balaban J connectivity index is 2.69. The highest BCUT2D eigenvalue weighted by Gasteiger charge is 2.05. The van der Waals surface area contributed by atoms with Gasteiger partial charge in [-0.15, -0.1) is 0 Å². The first-order chi connectivity index (χ1) is 8.08. The molecule has 0 amide bonds. The van der Waals surface area contributed by atoms with Crippen molar-refractivity contribution in [3.05, 3.63) is 23.8 Å². The zero-order chi connectivity index (χ0) is 12.8. The predicted octanol–water partition coefficient (Wildman–Crippen LogP) is 3.91. The molecule has 17 heavy (non-hydrogen) atoms. The zero-order valence-corrected chi connectivity index (χ0v) is 11.9. The van der Waals surface area contributed by atoms with E-state index in [4.69, 9.17) is 0 Å². The molecule has 1 N–H and O–H groups in total. The number of rotatable bonds is 6. The van der Waals surface area contributed by atoms with E-state index in [1.54, 1.807) is 0 Å². The summed E-state index contributed by atoms with van der Waals surface area (Å²) in [4.78, 5) is 2.16. The molecule has 0 radical (unpaired) electrons. The summed E-state index contributed by atoms with van der Waals surface area (Å²) in [7, 11) is 4.18. The van der Waals surface area contributed by atoms with E-state index in [0.717, 1.165) is 12.5 Å². The first-order valence-corrected chi connectivity index (χ1v) is 6.60. The summed E-state index contributed by atoms with van der Waals surface area (Å²) in [5.41, 5.74) is 3.84. The minimum atomic E-state index is 0.777. The number of hydrogen-bond acceptors (Lipinski definition) is 2. The van der Waals surface area contributed by atoms with Gasteiger partial charge in [0.2, 0.25) is 0 Å². The molecular formula is C15H26N2. The van der Waals surface area contributed by atoms with Crippen molar-refractivity contribution < 1.29 is 0 Å². The van der Waals surface area contributed by atoms with Gasteiger partial charge in [0.15, 0.2) is 0 Å². The van der Waals surface area contributed by atoms with E-state index in [-0.39, 0.29) is 0 Å². The number of hydrogen-bond donors (Lipinski definition) is 1. The number of benzene rings is 1. The van der Waals surface area contributed by atoms with E-state index in [9.17, 15) is 0 Å². The number of anilines is 2. The summed E-state index contributed by atoms with van der Waals surface area (Å²) in [6.07, 6.45) is 2.49. The fraction of sp³-hybridized carbons (Fsp3) is 0.600. The highest BCUT2D eigenvalue weighted by molar-refractivity contribution is 5.61. The Morgan fingerprint density at radius 1 is 1.18 bits per heavy atom. The van der Waals surface area contributed by atoms with Crippen LogP contribution < -0.4 is 10.2 Å². The number of nitrogens with zero attached hydrogens (tertiary/aromatic N) is 1. The molecular weight excluding hydrogens is 208 g/mol. The maximum atomic E-state index is 3.54. The van der Waals surface area contributed by atoms with Crippen molar-refractivity contribution in [2.45, 2.75) is 33.6 Å². The standard InChI is InChI=1S/C15H26N2/c1-6-13(7-2)11-16-14-9-8-12(3)15(10-14)17(4)5/h8-10,13,16H,6-7,11H2,1-5H3. The topological polar surface area (TPSA) is 15.3 Å². The maximum Gasteiger partial charge on any atom is 0.0411 e. The van der Waals surface area contributed by atoms with E-state index in [2.05, 4.69) is 63.3 Å². The molecule has 0 aliphatic carbocycles. The second kappa shape index (κ2) is 6.53. The molecule has 0 atom stereocenters. The normalized spacial score (nSPS) is 10.7. The molecule has 0 unspecified atom stereocenters. The van der Waals surface area contributed by atoms with Crippen LogP contribution in [0.3, 0.4) is 0 Å². The van der Waals surface area contributed by atoms with Gasteiger partial charge in [-0.3, -0.25) is 0 Å². The van der Waals surface area contributed by atoms with Crippen LogP contribution in [0.2, 0.25) is 0 Å². The Morgan fingerprint density at radius 2 is 1.82 bits per heavy atom. The van der Waals surface area contributed by atoms with Crippen molar-refractivity contribution in [1.29, 1.82) is 0 Å². The first kappa shape index (κ1) is 13.9. The SMILES string of the molecule is CCC(CC)CNc1ccc(C)c(N(C)C)c1. The van der Waals surface area contributed by atoms with Crippen LogP contribution in [0.4, 0.5) is 11.4 Å². The summed E-state index contributed by atoms with van der Waals surface area (Å²) < 4.78 is 0. The highest BCUT2D eigenvalue weighted by atomic mass is 15.1. The van der Waals surface area contributed by atoms with Crippen LogP contribution in [0.25, 0.3) is 0 Å². The molecule has 0 bridgehead atoms. The van der Waals surface area contributed by atoms with Crippen molar-refractivity contribution in [2.75, 3.05) is 30.9 Å². The minimum absolute atomic E-state index is 0.777. The summed E-state index contributed by atoms with van der Waals surface area (Å²) >= 11 is 0. The average Bonchev–Trinajstić information content (AvgIpc) is 2.32. The molecule has 0 spiro atoms. The lowest BCUT2D eigenvalue weighted by Crippen LogP contribution is -2.14. The largest absolute Gasteiger partial charge is 0.385 e. The van der Waals surface area contributed by atoms with Gasteiger partial charge >= 0.3 is 0 Å². The van der Waals surface area contributed by atoms with Crippen molar-refractivity contribution in [2.24, 2.45) is 5.92 Å². The van der Waals surface area contributed by atoms with Gasteiger partial charge in [-0.1, -0.05) is 32.8 Å². The van der Waals surface area contributed by atoms with Gasteiger partial charge < -0.3 is 10.2 Å². The molecule has 1 rings (SSSR count). The van der Waals surface area contributed by atoms with Crippen LogP contribution in [0.5, 0.6) is 0 Å². The molecule has 96 valence electrons. The fourth-order valence-corrected chi connectivity index (χ4v) is 2.04. The Morgan fingerprint density at radius 3 is 2.35 bits per heavy atom. The second-order valence-corrected chi connectivity index (χ2v) is 4.96. The lowest BCUT2D eigenvalue weighted by Gasteiger charge is -2.19. The van der Waals surface area contributed by atoms with Gasteiger partial charge in [0.05, 0.1) is 0 Å². The molecule has 2 nitrogen and oxygen atoms in total. The summed E-state index contributed by atoms with van der Waals surface area (Å²) in [5, 5.41) is 3.54. The van der Waals surface area contributed by atoms with Crippen molar-refractivity contribution in [3.8, 4) is 0 Å². The number of nitrogens with one attached hydrogen (secondary N) is 1. The Hall–Kier alpha value is -1.18. The molecule has 0 heterocycles. The zero-order valence-electron chi connectivity index (χ0n) is 11.9. The monoisotopic (exact) mass is 234 g/mol. The van der Waals surface area contributed by atoms with E-state index < -0.39 is 0 Å². The Bertz CT molecular complexity index is 341. The van der Waals surface area contributed by atoms with Crippen LogP contribution in [0.15, 0.2) is 18.2 Å². The Kier molecular flexibility index (Phi) is 5.33. The van der Waals surface area contributed by atoms with Crippen LogP contribution in [-0.2, 0) is 0 Å². The number of aryl methyl sites for hydroxylation is 1. The van der Waals surface area contributed by atoms with Crippen LogP contribution in [0, 0.1) is 12.8 Å². The molecule has 1 aromatic carbocycles. The van der Waals surface area contributed by atoms with Crippen molar-refractivity contribution >= 4 is 11.4 Å². The fourth-order valence-electron chi connectivity index (χ4n) is 2.04. The molecule has 1 aromatic rings. The third-order valence-electron chi connectivity index (χ3n) is 3.44. The van der Waals surface area contributed by atoms with Crippen molar-refractivity contribution in [1.82, 2.24) is 0 Å². The predicted molar refractivity (Wildman–Crippen MR) is 78.1 cm³/mol. The molecule has 0 saturated carbocycles. The quantitative estimate of drug-likeness (QED) is 0.803. The summed E-state index contributed by atoms with van der Waals surface area (Å²) in [5.74, 6) is 0.777. The van der Waals surface area contributed by atoms with Crippen molar-refractivity contribution in [3.63, 3.8) is 0 Å². The average molecular weight is 234 g/mol. The molecule has 0 aromatic heterocycles. The van der Waals surface area contributed by atoms with Gasteiger partial charge in [0, 0.05) is 32.0 Å². The molecule has 0 fully saturated rings. The van der Waals surface area contributed by atoms with Crippen LogP contribution in [-0.4, -0.2) is 20.6 Å². The molecule has 0 aliphatic heterocycles. The third-order valence-corrected chi connectivity index (χ3v) is 3.44. The van der Waals surface area contributed by atoms with E-state index in [0.29, 0.717) is 0 Å². The third kappa shape index (κ3) is 3.95.